The lowest BCUT2D eigenvalue weighted by molar-refractivity contribution is -0.125. The van der Waals surface area contributed by atoms with Crippen LogP contribution >= 0.6 is 0 Å². The molecule has 0 rings (SSSR count). The minimum absolute atomic E-state index is 0.00208. The molecule has 0 aliphatic carbocycles. The van der Waals surface area contributed by atoms with Gasteiger partial charge in [0.15, 0.2) is 0 Å². The molecule has 3 unspecified atom stereocenters. The number of nitrogens with two attached hydrogens (primary N) is 1. The maximum Gasteiger partial charge on any atom is 0.223 e. The van der Waals surface area contributed by atoms with E-state index >= 15 is 0 Å². The van der Waals surface area contributed by atoms with Gasteiger partial charge in [0, 0.05) is 18.0 Å². The highest BCUT2D eigenvalue weighted by Crippen LogP contribution is 2.09. The first-order valence-corrected chi connectivity index (χ1v) is 5.64. The monoisotopic (exact) mass is 216 g/mol. The maximum absolute atomic E-state index is 11.5. The van der Waals surface area contributed by atoms with Gasteiger partial charge in [0.25, 0.3) is 0 Å². The molecule has 90 valence electrons. The molecule has 1 amide bonds. The van der Waals surface area contributed by atoms with E-state index in [2.05, 4.69) is 5.32 Å². The van der Waals surface area contributed by atoms with E-state index in [4.69, 9.17) is 10.8 Å². The zero-order chi connectivity index (χ0) is 11.8. The lowest BCUT2D eigenvalue weighted by Gasteiger charge is -2.16. The number of carbonyl (C=O) groups excluding carboxylic acids is 1. The predicted molar refractivity (Wildman–Crippen MR) is 61.4 cm³/mol. The average Bonchev–Trinajstić information content (AvgIpc) is 2.16. The normalized spacial score (nSPS) is 16.9. The Hall–Kier alpha value is -0.610. The SMILES string of the molecule is CC(N)CCCC(C)C(=O)NC(C)CO. The van der Waals surface area contributed by atoms with Crippen molar-refractivity contribution in [3.8, 4) is 0 Å². The quantitative estimate of drug-likeness (QED) is 0.584. The van der Waals surface area contributed by atoms with Crippen molar-refractivity contribution >= 4 is 5.91 Å². The third kappa shape index (κ3) is 7.33. The molecule has 0 saturated carbocycles. The van der Waals surface area contributed by atoms with Crippen molar-refractivity contribution in [3.63, 3.8) is 0 Å². The van der Waals surface area contributed by atoms with Crippen LogP contribution < -0.4 is 11.1 Å². The number of hydrogen-bond donors (Lipinski definition) is 3. The van der Waals surface area contributed by atoms with Crippen molar-refractivity contribution in [3.05, 3.63) is 0 Å². The van der Waals surface area contributed by atoms with Gasteiger partial charge in [0.05, 0.1) is 6.61 Å². The van der Waals surface area contributed by atoms with Crippen molar-refractivity contribution in [2.45, 2.75) is 52.1 Å². The van der Waals surface area contributed by atoms with Crippen LogP contribution in [-0.2, 0) is 4.79 Å². The fourth-order valence-electron chi connectivity index (χ4n) is 1.31. The number of aliphatic hydroxyl groups excluding tert-OH is 1. The van der Waals surface area contributed by atoms with Crippen LogP contribution in [0.4, 0.5) is 0 Å². The summed E-state index contributed by atoms with van der Waals surface area (Å²) in [6.07, 6.45) is 2.78. The molecule has 0 aromatic heterocycles. The number of aliphatic hydroxyl groups is 1. The molecule has 4 heteroatoms. The third-order valence-corrected chi connectivity index (χ3v) is 2.41. The van der Waals surface area contributed by atoms with Gasteiger partial charge in [0.1, 0.15) is 0 Å². The molecular weight excluding hydrogens is 192 g/mol. The minimum Gasteiger partial charge on any atom is -0.394 e. The Morgan fingerprint density at radius 1 is 1.33 bits per heavy atom. The summed E-state index contributed by atoms with van der Waals surface area (Å²) in [4.78, 5) is 11.5. The highest BCUT2D eigenvalue weighted by Gasteiger charge is 2.14. The molecule has 0 spiro atoms. The van der Waals surface area contributed by atoms with E-state index in [-0.39, 0.29) is 30.5 Å². The topological polar surface area (TPSA) is 75.4 Å². The summed E-state index contributed by atoms with van der Waals surface area (Å²) >= 11 is 0. The van der Waals surface area contributed by atoms with Gasteiger partial charge in [-0.3, -0.25) is 4.79 Å². The Labute approximate surface area is 92.2 Å². The zero-order valence-electron chi connectivity index (χ0n) is 9.99. The molecule has 4 N–H and O–H groups in total. The highest BCUT2D eigenvalue weighted by molar-refractivity contribution is 5.78. The molecule has 0 bridgehead atoms. The van der Waals surface area contributed by atoms with Crippen molar-refractivity contribution < 1.29 is 9.90 Å². The fraction of sp³-hybridized carbons (Fsp3) is 0.909. The van der Waals surface area contributed by atoms with Crippen LogP contribution in [0.3, 0.4) is 0 Å². The Bertz CT molecular complexity index is 183. The molecule has 0 fully saturated rings. The summed E-state index contributed by atoms with van der Waals surface area (Å²) in [5, 5.41) is 11.5. The van der Waals surface area contributed by atoms with Crippen LogP contribution in [-0.4, -0.2) is 29.7 Å². The van der Waals surface area contributed by atoms with E-state index in [1.807, 2.05) is 13.8 Å². The molecule has 0 saturated heterocycles. The van der Waals surface area contributed by atoms with Gasteiger partial charge in [-0.05, 0) is 26.7 Å². The van der Waals surface area contributed by atoms with Crippen molar-refractivity contribution in [1.82, 2.24) is 5.32 Å². The molecule has 0 aliphatic rings. The second-order valence-electron chi connectivity index (χ2n) is 4.40. The summed E-state index contributed by atoms with van der Waals surface area (Å²) in [5.74, 6) is 0.0129. The number of amides is 1. The van der Waals surface area contributed by atoms with Crippen LogP contribution in [0.15, 0.2) is 0 Å². The van der Waals surface area contributed by atoms with E-state index in [0.717, 1.165) is 19.3 Å². The standard InChI is InChI=1S/C11H24N2O2/c1-8(5-4-6-9(2)12)11(15)13-10(3)7-14/h8-10,14H,4-7,12H2,1-3H3,(H,13,15). The predicted octanol–water partition coefficient (Wildman–Crippen LogP) is 0.637. The molecule has 0 aliphatic heterocycles. The number of hydrogen-bond acceptors (Lipinski definition) is 3. The van der Waals surface area contributed by atoms with Crippen LogP contribution in [0.25, 0.3) is 0 Å². The van der Waals surface area contributed by atoms with Crippen molar-refractivity contribution in [1.29, 1.82) is 0 Å². The summed E-state index contributed by atoms with van der Waals surface area (Å²) in [6, 6.07) is 0.0463. The Kier molecular flexibility index (Phi) is 7.34. The summed E-state index contributed by atoms with van der Waals surface area (Å²) in [5.41, 5.74) is 5.62. The van der Waals surface area contributed by atoms with E-state index in [9.17, 15) is 4.79 Å². The molecule has 0 aromatic carbocycles. The first-order chi connectivity index (χ1) is 6.97. The molecule has 0 heterocycles. The second kappa shape index (κ2) is 7.65. The Balaban J connectivity index is 3.69. The summed E-state index contributed by atoms with van der Waals surface area (Å²) in [7, 11) is 0. The van der Waals surface area contributed by atoms with Gasteiger partial charge in [0.2, 0.25) is 5.91 Å². The van der Waals surface area contributed by atoms with Gasteiger partial charge < -0.3 is 16.2 Å². The van der Waals surface area contributed by atoms with E-state index < -0.39 is 0 Å². The Morgan fingerprint density at radius 2 is 1.93 bits per heavy atom. The minimum atomic E-state index is -0.159. The van der Waals surface area contributed by atoms with Gasteiger partial charge in [-0.1, -0.05) is 13.3 Å². The van der Waals surface area contributed by atoms with E-state index in [0.29, 0.717) is 0 Å². The molecule has 4 nitrogen and oxygen atoms in total. The first-order valence-electron chi connectivity index (χ1n) is 5.64. The maximum atomic E-state index is 11.5. The largest absolute Gasteiger partial charge is 0.394 e. The number of carbonyl (C=O) groups is 1. The van der Waals surface area contributed by atoms with Crippen LogP contribution in [0, 0.1) is 5.92 Å². The molecule has 0 radical (unpaired) electrons. The van der Waals surface area contributed by atoms with E-state index in [1.54, 1.807) is 6.92 Å². The molecular formula is C11H24N2O2. The van der Waals surface area contributed by atoms with Gasteiger partial charge in [-0.2, -0.15) is 0 Å². The smallest absolute Gasteiger partial charge is 0.223 e. The molecule has 0 aromatic rings. The van der Waals surface area contributed by atoms with Crippen LogP contribution in [0.2, 0.25) is 0 Å². The summed E-state index contributed by atoms with van der Waals surface area (Å²) < 4.78 is 0. The second-order valence-corrected chi connectivity index (χ2v) is 4.40. The molecule has 3 atom stereocenters. The summed E-state index contributed by atoms with van der Waals surface area (Å²) in [6.45, 7) is 5.64. The van der Waals surface area contributed by atoms with Gasteiger partial charge in [-0.15, -0.1) is 0 Å². The van der Waals surface area contributed by atoms with Crippen LogP contribution in [0.5, 0.6) is 0 Å². The van der Waals surface area contributed by atoms with Crippen LogP contribution in [0.1, 0.15) is 40.0 Å². The zero-order valence-corrected chi connectivity index (χ0v) is 9.99. The Morgan fingerprint density at radius 3 is 2.40 bits per heavy atom. The lowest BCUT2D eigenvalue weighted by atomic mass is 10.0. The first kappa shape index (κ1) is 14.4. The van der Waals surface area contributed by atoms with Crippen molar-refractivity contribution in [2.24, 2.45) is 11.7 Å². The van der Waals surface area contributed by atoms with Gasteiger partial charge in [-0.25, -0.2) is 0 Å². The van der Waals surface area contributed by atoms with E-state index in [1.165, 1.54) is 0 Å². The van der Waals surface area contributed by atoms with Crippen molar-refractivity contribution in [2.75, 3.05) is 6.61 Å². The molecule has 15 heavy (non-hydrogen) atoms. The van der Waals surface area contributed by atoms with Gasteiger partial charge >= 0.3 is 0 Å². The third-order valence-electron chi connectivity index (χ3n) is 2.41. The lowest BCUT2D eigenvalue weighted by Crippen LogP contribution is -2.38. The number of rotatable bonds is 7. The number of nitrogens with one attached hydrogen (secondary N) is 1. The average molecular weight is 216 g/mol. The fourth-order valence-corrected chi connectivity index (χ4v) is 1.31. The highest BCUT2D eigenvalue weighted by atomic mass is 16.3.